The van der Waals surface area contributed by atoms with Gasteiger partial charge in [-0.1, -0.05) is 24.4 Å². The molecule has 0 aliphatic carbocycles. The zero-order chi connectivity index (χ0) is 14.2. The molecule has 0 saturated carbocycles. The van der Waals surface area contributed by atoms with Crippen molar-refractivity contribution in [1.29, 1.82) is 0 Å². The summed E-state index contributed by atoms with van der Waals surface area (Å²) in [7, 11) is 0. The summed E-state index contributed by atoms with van der Waals surface area (Å²) in [5.41, 5.74) is 6.63. The molecule has 1 aromatic carbocycles. The van der Waals surface area contributed by atoms with Crippen LogP contribution in [0.15, 0.2) is 30.5 Å². The minimum absolute atomic E-state index is 0.348. The van der Waals surface area contributed by atoms with Crippen molar-refractivity contribution in [2.24, 2.45) is 11.1 Å². The van der Waals surface area contributed by atoms with Crippen molar-refractivity contribution < 1.29 is 9.90 Å². The Morgan fingerprint density at radius 1 is 1.42 bits per heavy atom. The Morgan fingerprint density at radius 3 is 2.68 bits per heavy atom. The van der Waals surface area contributed by atoms with Gasteiger partial charge < -0.3 is 15.4 Å². The summed E-state index contributed by atoms with van der Waals surface area (Å²) >= 11 is 5.02. The molecule has 4 nitrogen and oxygen atoms in total. The molecule has 0 aliphatic rings. The number of hydrogen-bond acceptors (Lipinski definition) is 2. The fourth-order valence-corrected chi connectivity index (χ4v) is 2.25. The highest BCUT2D eigenvalue weighted by atomic mass is 32.1. The highest BCUT2D eigenvalue weighted by molar-refractivity contribution is 7.80. The number of fused-ring (bicyclic) bond motifs is 1. The number of nitrogens with two attached hydrogens (primary N) is 1. The third kappa shape index (κ3) is 2.46. The van der Waals surface area contributed by atoms with Crippen LogP contribution in [-0.4, -0.2) is 20.6 Å². The molecule has 0 saturated heterocycles. The number of hydrogen-bond donors (Lipinski definition) is 2. The van der Waals surface area contributed by atoms with E-state index in [1.165, 1.54) is 0 Å². The van der Waals surface area contributed by atoms with Gasteiger partial charge in [0.25, 0.3) is 0 Å². The summed E-state index contributed by atoms with van der Waals surface area (Å²) < 4.78 is 1.92. The summed E-state index contributed by atoms with van der Waals surface area (Å²) in [6.07, 6.45) is 1.87. The van der Waals surface area contributed by atoms with Crippen molar-refractivity contribution in [3.8, 4) is 0 Å². The zero-order valence-electron chi connectivity index (χ0n) is 10.9. The number of carboxylic acids is 1. The van der Waals surface area contributed by atoms with Crippen LogP contribution in [-0.2, 0) is 11.3 Å². The van der Waals surface area contributed by atoms with Crippen molar-refractivity contribution in [3.05, 3.63) is 36.0 Å². The molecule has 1 aromatic heterocycles. The number of nitrogens with zero attached hydrogens (tertiary/aromatic N) is 1. The number of rotatable bonds is 4. The van der Waals surface area contributed by atoms with E-state index < -0.39 is 11.4 Å². The smallest absolute Gasteiger partial charge is 0.310 e. The van der Waals surface area contributed by atoms with Gasteiger partial charge in [0.05, 0.1) is 5.41 Å². The average molecular weight is 276 g/mol. The molecule has 2 rings (SSSR count). The third-order valence-electron chi connectivity index (χ3n) is 3.22. The summed E-state index contributed by atoms with van der Waals surface area (Å²) in [5.74, 6) is -0.820. The van der Waals surface area contributed by atoms with Crippen molar-refractivity contribution in [2.75, 3.05) is 0 Å². The molecule has 1 heterocycles. The molecule has 0 fully saturated rings. The Morgan fingerprint density at radius 2 is 2.11 bits per heavy atom. The number of benzene rings is 1. The Balaban J connectivity index is 2.50. The average Bonchev–Trinajstić information content (AvgIpc) is 2.71. The van der Waals surface area contributed by atoms with E-state index in [0.29, 0.717) is 11.5 Å². The lowest BCUT2D eigenvalue weighted by atomic mass is 9.94. The summed E-state index contributed by atoms with van der Waals surface area (Å²) in [4.78, 5) is 11.6. The molecule has 5 heteroatoms. The van der Waals surface area contributed by atoms with E-state index in [1.54, 1.807) is 13.8 Å². The summed E-state index contributed by atoms with van der Waals surface area (Å²) in [6, 6.07) is 7.61. The molecule has 19 heavy (non-hydrogen) atoms. The van der Waals surface area contributed by atoms with Crippen LogP contribution in [0.3, 0.4) is 0 Å². The van der Waals surface area contributed by atoms with Gasteiger partial charge in [0.15, 0.2) is 0 Å². The van der Waals surface area contributed by atoms with Crippen LogP contribution in [0.5, 0.6) is 0 Å². The van der Waals surface area contributed by atoms with E-state index in [4.69, 9.17) is 18.0 Å². The SMILES string of the molecule is CC(C)(Cn1ccc2c(C(N)=S)cccc21)C(=O)O. The number of thiocarbonyl (C=S) groups is 1. The van der Waals surface area contributed by atoms with Gasteiger partial charge in [-0.2, -0.15) is 0 Å². The van der Waals surface area contributed by atoms with Crippen LogP contribution >= 0.6 is 12.2 Å². The molecule has 0 radical (unpaired) electrons. The topological polar surface area (TPSA) is 68.2 Å². The van der Waals surface area contributed by atoms with Gasteiger partial charge in [-0.25, -0.2) is 0 Å². The second-order valence-electron chi connectivity index (χ2n) is 5.24. The van der Waals surface area contributed by atoms with Gasteiger partial charge in [0, 0.05) is 29.2 Å². The lowest BCUT2D eigenvalue weighted by Crippen LogP contribution is -2.28. The van der Waals surface area contributed by atoms with E-state index in [0.717, 1.165) is 16.5 Å². The van der Waals surface area contributed by atoms with Crippen LogP contribution in [0, 0.1) is 5.41 Å². The van der Waals surface area contributed by atoms with Gasteiger partial charge in [-0.15, -0.1) is 0 Å². The molecular weight excluding hydrogens is 260 g/mol. The van der Waals surface area contributed by atoms with Crippen molar-refractivity contribution in [3.63, 3.8) is 0 Å². The van der Waals surface area contributed by atoms with Crippen molar-refractivity contribution in [1.82, 2.24) is 4.57 Å². The van der Waals surface area contributed by atoms with Crippen molar-refractivity contribution >= 4 is 34.1 Å². The Bertz CT molecular complexity index is 659. The monoisotopic (exact) mass is 276 g/mol. The van der Waals surface area contributed by atoms with Crippen LogP contribution in [0.2, 0.25) is 0 Å². The standard InChI is InChI=1S/C14H16N2O2S/c1-14(2,13(17)18)8-16-7-6-9-10(12(15)19)4-3-5-11(9)16/h3-7H,8H2,1-2H3,(H2,15,19)(H,17,18). The summed E-state index contributed by atoms with van der Waals surface area (Å²) in [6.45, 7) is 3.81. The molecule has 2 aromatic rings. The zero-order valence-corrected chi connectivity index (χ0v) is 11.7. The molecule has 100 valence electrons. The minimum atomic E-state index is -0.828. The molecule has 0 bridgehead atoms. The second-order valence-corrected chi connectivity index (χ2v) is 5.68. The highest BCUT2D eigenvalue weighted by Gasteiger charge is 2.28. The third-order valence-corrected chi connectivity index (χ3v) is 3.44. The molecule has 3 N–H and O–H groups in total. The molecule has 0 aliphatic heterocycles. The number of aromatic nitrogens is 1. The first-order valence-electron chi connectivity index (χ1n) is 5.94. The number of carboxylic acid groups (broad SMARTS) is 1. The lowest BCUT2D eigenvalue weighted by Gasteiger charge is -2.20. The fraction of sp³-hybridized carbons (Fsp3) is 0.286. The van der Waals surface area contributed by atoms with Crippen LogP contribution in [0.1, 0.15) is 19.4 Å². The van der Waals surface area contributed by atoms with Gasteiger partial charge in [0.2, 0.25) is 0 Å². The van der Waals surface area contributed by atoms with E-state index in [2.05, 4.69) is 0 Å². The van der Waals surface area contributed by atoms with E-state index in [9.17, 15) is 9.90 Å². The van der Waals surface area contributed by atoms with Crippen molar-refractivity contribution in [2.45, 2.75) is 20.4 Å². The fourth-order valence-electron chi connectivity index (χ4n) is 2.07. The predicted molar refractivity (Wildman–Crippen MR) is 79.2 cm³/mol. The first-order chi connectivity index (χ1) is 8.83. The normalized spacial score (nSPS) is 11.7. The Hall–Kier alpha value is -1.88. The maximum absolute atomic E-state index is 11.2. The second kappa shape index (κ2) is 4.66. The number of carbonyl (C=O) groups is 1. The number of aliphatic carboxylic acids is 1. The largest absolute Gasteiger partial charge is 0.481 e. The van der Waals surface area contributed by atoms with E-state index in [-0.39, 0.29) is 0 Å². The van der Waals surface area contributed by atoms with Crippen LogP contribution < -0.4 is 5.73 Å². The Labute approximate surface area is 116 Å². The minimum Gasteiger partial charge on any atom is -0.481 e. The molecule has 0 unspecified atom stereocenters. The first kappa shape index (κ1) is 13.5. The maximum atomic E-state index is 11.2. The molecule has 0 atom stereocenters. The maximum Gasteiger partial charge on any atom is 0.310 e. The lowest BCUT2D eigenvalue weighted by molar-refractivity contribution is -0.147. The first-order valence-corrected chi connectivity index (χ1v) is 6.35. The van der Waals surface area contributed by atoms with Gasteiger partial charge >= 0.3 is 5.97 Å². The Kier molecular flexibility index (Phi) is 3.32. The van der Waals surface area contributed by atoms with Gasteiger partial charge in [-0.3, -0.25) is 4.79 Å². The molecular formula is C14H16N2O2S. The predicted octanol–water partition coefficient (Wildman–Crippen LogP) is 2.39. The summed E-state index contributed by atoms with van der Waals surface area (Å²) in [5, 5.41) is 10.2. The highest BCUT2D eigenvalue weighted by Crippen LogP contribution is 2.25. The van der Waals surface area contributed by atoms with Gasteiger partial charge in [0.1, 0.15) is 4.99 Å². The van der Waals surface area contributed by atoms with Gasteiger partial charge in [-0.05, 0) is 26.0 Å². The van der Waals surface area contributed by atoms with E-state index in [1.807, 2.05) is 35.0 Å². The molecule has 0 amide bonds. The van der Waals surface area contributed by atoms with Crippen LogP contribution in [0.25, 0.3) is 10.9 Å². The van der Waals surface area contributed by atoms with Crippen LogP contribution in [0.4, 0.5) is 0 Å². The van der Waals surface area contributed by atoms with E-state index >= 15 is 0 Å². The molecule has 0 spiro atoms. The quantitative estimate of drug-likeness (QED) is 0.841.